The van der Waals surface area contributed by atoms with Gasteiger partial charge in [0.05, 0.1) is 12.5 Å². The molecule has 1 unspecified atom stereocenters. The Morgan fingerprint density at radius 3 is 2.18 bits per heavy atom. The summed E-state index contributed by atoms with van der Waals surface area (Å²) in [6, 6.07) is 21.4. The molecule has 1 heterocycles. The molecule has 0 saturated carbocycles. The van der Waals surface area contributed by atoms with E-state index in [0.717, 1.165) is 16.9 Å². The van der Waals surface area contributed by atoms with Gasteiger partial charge in [-0.25, -0.2) is 4.98 Å². The van der Waals surface area contributed by atoms with Crippen LogP contribution in [0.1, 0.15) is 51.1 Å². The Kier molecular flexibility index (Phi) is 10.8. The molecule has 3 aromatic rings. The van der Waals surface area contributed by atoms with Crippen molar-refractivity contribution in [3.8, 4) is 11.1 Å². The van der Waals surface area contributed by atoms with Crippen molar-refractivity contribution in [3.63, 3.8) is 0 Å². The van der Waals surface area contributed by atoms with Gasteiger partial charge in [-0.05, 0) is 47.6 Å². The SMILES string of the molecule is CC(C)C[C@@H](NC(=O)CCCNc1ccccn1)C(=O)NC(CC(=O)O)c1ccc(-c2ccccc2)cc1. The molecule has 4 N–H and O–H groups in total. The average Bonchev–Trinajstić information content (AvgIpc) is 2.91. The van der Waals surface area contributed by atoms with E-state index in [2.05, 4.69) is 20.9 Å². The Hall–Kier alpha value is -4.20. The predicted octanol–water partition coefficient (Wildman–Crippen LogP) is 4.80. The number of benzene rings is 2. The normalized spacial score (nSPS) is 12.4. The molecule has 1 aromatic heterocycles. The number of amides is 2. The van der Waals surface area contributed by atoms with E-state index in [1.54, 1.807) is 6.20 Å². The number of carboxylic acid groups (broad SMARTS) is 1. The van der Waals surface area contributed by atoms with Crippen LogP contribution in [0.5, 0.6) is 0 Å². The number of carbonyl (C=O) groups excluding carboxylic acids is 2. The summed E-state index contributed by atoms with van der Waals surface area (Å²) < 4.78 is 0. The van der Waals surface area contributed by atoms with Crippen molar-refractivity contribution in [1.82, 2.24) is 15.6 Å². The number of aliphatic carboxylic acids is 1. The largest absolute Gasteiger partial charge is 0.481 e. The van der Waals surface area contributed by atoms with E-state index in [1.165, 1.54) is 0 Å². The van der Waals surface area contributed by atoms with E-state index in [-0.39, 0.29) is 24.7 Å². The summed E-state index contributed by atoms with van der Waals surface area (Å²) in [6.07, 6.45) is 2.70. The number of aromatic nitrogens is 1. The van der Waals surface area contributed by atoms with Gasteiger partial charge >= 0.3 is 5.97 Å². The first-order valence-electron chi connectivity index (χ1n) is 12.9. The summed E-state index contributed by atoms with van der Waals surface area (Å²) in [5.74, 6) is -0.744. The van der Waals surface area contributed by atoms with Crippen molar-refractivity contribution in [2.24, 2.45) is 5.92 Å². The fraction of sp³-hybridized carbons (Fsp3) is 0.333. The summed E-state index contributed by atoms with van der Waals surface area (Å²) in [4.78, 5) is 41.7. The molecule has 0 bridgehead atoms. The maximum Gasteiger partial charge on any atom is 0.305 e. The van der Waals surface area contributed by atoms with Crippen molar-refractivity contribution in [2.45, 2.75) is 51.6 Å². The first kappa shape index (κ1) is 28.4. The van der Waals surface area contributed by atoms with Gasteiger partial charge in [-0.15, -0.1) is 0 Å². The second-order valence-corrected chi connectivity index (χ2v) is 9.64. The molecule has 0 fully saturated rings. The summed E-state index contributed by atoms with van der Waals surface area (Å²) in [5.41, 5.74) is 2.74. The van der Waals surface area contributed by atoms with Crippen LogP contribution < -0.4 is 16.0 Å². The number of nitrogens with zero attached hydrogens (tertiary/aromatic N) is 1. The molecule has 0 aliphatic heterocycles. The van der Waals surface area contributed by atoms with Crippen molar-refractivity contribution in [1.29, 1.82) is 0 Å². The minimum atomic E-state index is -1.02. The van der Waals surface area contributed by atoms with Gasteiger partial charge < -0.3 is 21.1 Å². The number of anilines is 1. The lowest BCUT2D eigenvalue weighted by molar-refractivity contribution is -0.138. The topological polar surface area (TPSA) is 120 Å². The molecule has 0 radical (unpaired) electrons. The second kappa shape index (κ2) is 14.5. The fourth-order valence-corrected chi connectivity index (χ4v) is 4.14. The highest BCUT2D eigenvalue weighted by atomic mass is 16.4. The number of hydrogen-bond donors (Lipinski definition) is 4. The van der Waals surface area contributed by atoms with Crippen LogP contribution in [0.2, 0.25) is 0 Å². The van der Waals surface area contributed by atoms with Crippen LogP contribution in [-0.4, -0.2) is 40.5 Å². The van der Waals surface area contributed by atoms with Gasteiger partial charge in [0, 0.05) is 19.2 Å². The molecule has 0 aliphatic rings. The van der Waals surface area contributed by atoms with Gasteiger partial charge in [0.25, 0.3) is 0 Å². The maximum atomic E-state index is 13.2. The Morgan fingerprint density at radius 2 is 1.55 bits per heavy atom. The summed E-state index contributed by atoms with van der Waals surface area (Å²) in [7, 11) is 0. The van der Waals surface area contributed by atoms with Crippen molar-refractivity contribution < 1.29 is 19.5 Å². The van der Waals surface area contributed by atoms with Crippen molar-refractivity contribution >= 4 is 23.6 Å². The Morgan fingerprint density at radius 1 is 0.868 bits per heavy atom. The predicted molar refractivity (Wildman–Crippen MR) is 148 cm³/mol. The number of carbonyl (C=O) groups is 3. The highest BCUT2D eigenvalue weighted by Gasteiger charge is 2.26. The highest BCUT2D eigenvalue weighted by Crippen LogP contribution is 2.24. The van der Waals surface area contributed by atoms with Crippen LogP contribution in [0, 0.1) is 5.92 Å². The summed E-state index contributed by atoms with van der Waals surface area (Å²) >= 11 is 0. The molecule has 0 saturated heterocycles. The van der Waals surface area contributed by atoms with E-state index < -0.39 is 24.0 Å². The first-order chi connectivity index (χ1) is 18.3. The molecule has 3 rings (SSSR count). The van der Waals surface area contributed by atoms with Gasteiger partial charge in [-0.2, -0.15) is 0 Å². The third-order valence-electron chi connectivity index (χ3n) is 6.03. The molecule has 8 nitrogen and oxygen atoms in total. The monoisotopic (exact) mass is 516 g/mol. The third kappa shape index (κ3) is 9.35. The number of hydrogen-bond acceptors (Lipinski definition) is 5. The maximum absolute atomic E-state index is 13.2. The van der Waals surface area contributed by atoms with E-state index in [4.69, 9.17) is 0 Å². The molecule has 200 valence electrons. The van der Waals surface area contributed by atoms with Gasteiger partial charge in [0.15, 0.2) is 0 Å². The second-order valence-electron chi connectivity index (χ2n) is 9.64. The average molecular weight is 517 g/mol. The number of pyridine rings is 1. The zero-order valence-electron chi connectivity index (χ0n) is 21.9. The van der Waals surface area contributed by atoms with Gasteiger partial charge in [-0.1, -0.05) is 74.5 Å². The minimum absolute atomic E-state index is 0.153. The lowest BCUT2D eigenvalue weighted by atomic mass is 9.98. The van der Waals surface area contributed by atoms with Crippen LogP contribution in [0.4, 0.5) is 5.82 Å². The zero-order chi connectivity index (χ0) is 27.3. The van der Waals surface area contributed by atoms with E-state index in [9.17, 15) is 19.5 Å². The zero-order valence-corrected chi connectivity index (χ0v) is 21.9. The molecule has 2 aromatic carbocycles. The lowest BCUT2D eigenvalue weighted by Crippen LogP contribution is -2.48. The number of carboxylic acids is 1. The molecular formula is C30H36N4O4. The van der Waals surface area contributed by atoms with Crippen LogP contribution in [0.3, 0.4) is 0 Å². The summed E-state index contributed by atoms with van der Waals surface area (Å²) in [5, 5.41) is 18.4. The Labute approximate surface area is 223 Å². The molecule has 38 heavy (non-hydrogen) atoms. The van der Waals surface area contributed by atoms with Crippen LogP contribution in [-0.2, 0) is 14.4 Å². The number of rotatable bonds is 14. The standard InChI is InChI=1S/C30H36N4O4/c1-21(2)19-26(33-28(35)12-8-18-32-27-11-6-7-17-31-27)30(38)34-25(20-29(36)37)24-15-13-23(14-16-24)22-9-4-3-5-10-22/h3-7,9-11,13-17,21,25-26H,8,12,18-20H2,1-2H3,(H,31,32)(H,33,35)(H,34,38)(H,36,37)/t25?,26-/m1/s1. The molecule has 0 aliphatic carbocycles. The summed E-state index contributed by atoms with van der Waals surface area (Å²) in [6.45, 7) is 4.52. The molecule has 2 atom stereocenters. The van der Waals surface area contributed by atoms with E-state index in [1.807, 2.05) is 86.6 Å². The fourth-order valence-electron chi connectivity index (χ4n) is 4.14. The Balaban J connectivity index is 1.61. The Bertz CT molecular complexity index is 1170. The molecule has 2 amide bonds. The van der Waals surface area contributed by atoms with E-state index in [0.29, 0.717) is 24.9 Å². The quantitative estimate of drug-likeness (QED) is 0.228. The lowest BCUT2D eigenvalue weighted by Gasteiger charge is -2.24. The van der Waals surface area contributed by atoms with Gasteiger partial charge in [0.1, 0.15) is 11.9 Å². The van der Waals surface area contributed by atoms with Gasteiger partial charge in [0.2, 0.25) is 11.8 Å². The van der Waals surface area contributed by atoms with Crippen molar-refractivity contribution in [2.75, 3.05) is 11.9 Å². The van der Waals surface area contributed by atoms with E-state index >= 15 is 0 Å². The number of nitrogens with one attached hydrogen (secondary N) is 3. The molecule has 0 spiro atoms. The van der Waals surface area contributed by atoms with Crippen LogP contribution >= 0.6 is 0 Å². The highest BCUT2D eigenvalue weighted by molar-refractivity contribution is 5.88. The van der Waals surface area contributed by atoms with Gasteiger partial charge in [-0.3, -0.25) is 14.4 Å². The molecule has 8 heteroatoms. The third-order valence-corrected chi connectivity index (χ3v) is 6.03. The van der Waals surface area contributed by atoms with Crippen LogP contribution in [0.15, 0.2) is 79.0 Å². The first-order valence-corrected chi connectivity index (χ1v) is 12.9. The van der Waals surface area contributed by atoms with Crippen molar-refractivity contribution in [3.05, 3.63) is 84.6 Å². The minimum Gasteiger partial charge on any atom is -0.481 e. The van der Waals surface area contributed by atoms with Crippen LogP contribution in [0.25, 0.3) is 11.1 Å². The smallest absolute Gasteiger partial charge is 0.305 e. The molecular weight excluding hydrogens is 480 g/mol.